The largest absolute Gasteiger partial charge is 0.366 e. The summed E-state index contributed by atoms with van der Waals surface area (Å²) in [6.07, 6.45) is 3.46. The van der Waals surface area contributed by atoms with Gasteiger partial charge in [0.15, 0.2) is 5.78 Å². The highest BCUT2D eigenvalue weighted by Crippen LogP contribution is 2.38. The van der Waals surface area contributed by atoms with Gasteiger partial charge in [-0.15, -0.1) is 0 Å². The Balaban J connectivity index is 2.16. The third kappa shape index (κ3) is 2.58. The average molecular weight is 310 g/mol. The molecular formula is C19H22N2O2. The topological polar surface area (TPSA) is 65.1 Å². The minimum atomic E-state index is -0.420. The van der Waals surface area contributed by atoms with E-state index < -0.39 is 5.91 Å². The van der Waals surface area contributed by atoms with E-state index in [-0.39, 0.29) is 11.2 Å². The molecule has 4 nitrogen and oxygen atoms in total. The summed E-state index contributed by atoms with van der Waals surface area (Å²) in [5.41, 5.74) is 10.6. The van der Waals surface area contributed by atoms with Crippen LogP contribution in [0.5, 0.6) is 0 Å². The van der Waals surface area contributed by atoms with E-state index in [2.05, 4.69) is 18.4 Å². The third-order valence-electron chi connectivity index (χ3n) is 4.61. The molecule has 0 unspecified atom stereocenters. The first-order chi connectivity index (χ1) is 10.7. The number of carbonyl (C=O) groups excluding carboxylic acids is 2. The highest BCUT2D eigenvalue weighted by molar-refractivity contribution is 6.00. The van der Waals surface area contributed by atoms with Gasteiger partial charge >= 0.3 is 0 Å². The molecule has 23 heavy (non-hydrogen) atoms. The number of hydrogen-bond acceptors (Lipinski definition) is 2. The molecule has 0 aliphatic heterocycles. The first kappa shape index (κ1) is 15.5. The van der Waals surface area contributed by atoms with Crippen molar-refractivity contribution >= 4 is 11.7 Å². The van der Waals surface area contributed by atoms with Crippen molar-refractivity contribution < 1.29 is 9.59 Å². The van der Waals surface area contributed by atoms with E-state index in [4.69, 9.17) is 5.73 Å². The van der Waals surface area contributed by atoms with Gasteiger partial charge in [-0.05, 0) is 55.0 Å². The standard InChI is InChI=1S/C19H22N2O2/c1-11-7-13(5-6-14(11)18(20)23)21-10-12(2)17-15(21)8-19(3,4)9-16(17)22/h5-7,10H,8-9H2,1-4H3,(H2,20,23). The zero-order chi connectivity index (χ0) is 16.9. The molecule has 0 saturated carbocycles. The van der Waals surface area contributed by atoms with Crippen LogP contribution in [0.1, 0.15) is 57.8 Å². The van der Waals surface area contributed by atoms with Crippen LogP contribution in [0.3, 0.4) is 0 Å². The molecule has 0 spiro atoms. The zero-order valence-electron chi connectivity index (χ0n) is 14.1. The Kier molecular flexibility index (Phi) is 3.43. The van der Waals surface area contributed by atoms with Gasteiger partial charge in [0, 0.05) is 35.1 Å². The van der Waals surface area contributed by atoms with Crippen LogP contribution in [0.2, 0.25) is 0 Å². The SMILES string of the molecule is Cc1cc(-n2cc(C)c3c2CC(C)(C)CC3=O)ccc1C(N)=O. The van der Waals surface area contributed by atoms with Gasteiger partial charge in [-0.1, -0.05) is 13.8 Å². The molecule has 3 rings (SSSR count). The lowest BCUT2D eigenvalue weighted by atomic mass is 9.75. The molecule has 1 heterocycles. The fourth-order valence-corrected chi connectivity index (χ4v) is 3.58. The number of nitrogens with zero attached hydrogens (tertiary/aromatic N) is 1. The average Bonchev–Trinajstić information content (AvgIpc) is 2.73. The normalized spacial score (nSPS) is 16.3. The van der Waals surface area contributed by atoms with Crippen LogP contribution >= 0.6 is 0 Å². The molecular weight excluding hydrogens is 288 g/mol. The summed E-state index contributed by atoms with van der Waals surface area (Å²) >= 11 is 0. The van der Waals surface area contributed by atoms with E-state index in [1.807, 2.05) is 32.2 Å². The number of carbonyl (C=O) groups is 2. The number of rotatable bonds is 2. The maximum Gasteiger partial charge on any atom is 0.248 e. The van der Waals surface area contributed by atoms with E-state index in [0.29, 0.717) is 12.0 Å². The van der Waals surface area contributed by atoms with Gasteiger partial charge in [0.1, 0.15) is 0 Å². The first-order valence-electron chi connectivity index (χ1n) is 7.84. The predicted molar refractivity (Wildman–Crippen MR) is 90.2 cm³/mol. The second kappa shape index (κ2) is 5.08. The predicted octanol–water partition coefficient (Wildman–Crippen LogP) is 3.35. The number of nitrogens with two attached hydrogens (primary N) is 1. The van der Waals surface area contributed by atoms with Crippen molar-refractivity contribution in [2.75, 3.05) is 0 Å². The number of ketones is 1. The van der Waals surface area contributed by atoms with E-state index >= 15 is 0 Å². The van der Waals surface area contributed by atoms with Crippen LogP contribution in [0.4, 0.5) is 0 Å². The lowest BCUT2D eigenvalue weighted by Gasteiger charge is -2.30. The zero-order valence-corrected chi connectivity index (χ0v) is 14.1. The quantitative estimate of drug-likeness (QED) is 0.924. The van der Waals surface area contributed by atoms with Gasteiger partial charge in [-0.2, -0.15) is 0 Å². The number of aryl methyl sites for hydroxylation is 2. The first-order valence-corrected chi connectivity index (χ1v) is 7.84. The van der Waals surface area contributed by atoms with Crippen LogP contribution in [0, 0.1) is 19.3 Å². The summed E-state index contributed by atoms with van der Waals surface area (Å²) in [7, 11) is 0. The Hall–Kier alpha value is -2.36. The van der Waals surface area contributed by atoms with Crippen LogP contribution in [0.15, 0.2) is 24.4 Å². The molecule has 2 aromatic rings. The minimum absolute atomic E-state index is 0.0329. The molecule has 0 saturated heterocycles. The number of aromatic nitrogens is 1. The Morgan fingerprint density at radius 1 is 1.17 bits per heavy atom. The molecule has 2 N–H and O–H groups in total. The number of hydrogen-bond donors (Lipinski definition) is 1. The molecule has 1 aromatic heterocycles. The van der Waals surface area contributed by atoms with Crippen molar-refractivity contribution in [1.29, 1.82) is 0 Å². The maximum absolute atomic E-state index is 12.5. The molecule has 1 aromatic carbocycles. The fraction of sp³-hybridized carbons (Fsp3) is 0.368. The Labute approximate surface area is 136 Å². The van der Waals surface area contributed by atoms with E-state index in [1.54, 1.807) is 6.07 Å². The Bertz CT molecular complexity index is 828. The smallest absolute Gasteiger partial charge is 0.248 e. The molecule has 1 amide bonds. The second-order valence-electron chi connectivity index (χ2n) is 7.31. The highest BCUT2D eigenvalue weighted by Gasteiger charge is 2.34. The Morgan fingerprint density at radius 3 is 2.48 bits per heavy atom. The Morgan fingerprint density at radius 2 is 1.87 bits per heavy atom. The van der Waals surface area contributed by atoms with Crippen molar-refractivity contribution in [3.8, 4) is 5.69 Å². The summed E-state index contributed by atoms with van der Waals surface area (Å²) in [6.45, 7) is 8.11. The van der Waals surface area contributed by atoms with Gasteiger partial charge in [-0.3, -0.25) is 9.59 Å². The van der Waals surface area contributed by atoms with Crippen LogP contribution in [-0.4, -0.2) is 16.3 Å². The van der Waals surface area contributed by atoms with Crippen molar-refractivity contribution in [3.63, 3.8) is 0 Å². The lowest BCUT2D eigenvalue weighted by molar-refractivity contribution is 0.0909. The van der Waals surface area contributed by atoms with Gasteiger partial charge in [0.05, 0.1) is 0 Å². The van der Waals surface area contributed by atoms with Crippen molar-refractivity contribution in [1.82, 2.24) is 4.57 Å². The molecule has 1 aliphatic rings. The minimum Gasteiger partial charge on any atom is -0.366 e. The molecule has 0 radical (unpaired) electrons. The van der Waals surface area contributed by atoms with Crippen LogP contribution in [-0.2, 0) is 6.42 Å². The third-order valence-corrected chi connectivity index (χ3v) is 4.61. The lowest BCUT2D eigenvalue weighted by Crippen LogP contribution is -2.28. The molecule has 0 bridgehead atoms. The van der Waals surface area contributed by atoms with E-state index in [1.165, 1.54) is 0 Å². The van der Waals surface area contributed by atoms with Gasteiger partial charge in [0.2, 0.25) is 5.91 Å². The van der Waals surface area contributed by atoms with Crippen LogP contribution in [0.25, 0.3) is 5.69 Å². The summed E-state index contributed by atoms with van der Waals surface area (Å²) in [5.74, 6) is -0.200. The fourth-order valence-electron chi connectivity index (χ4n) is 3.58. The van der Waals surface area contributed by atoms with Gasteiger partial charge in [0.25, 0.3) is 0 Å². The summed E-state index contributed by atoms with van der Waals surface area (Å²) in [4.78, 5) is 23.9. The summed E-state index contributed by atoms with van der Waals surface area (Å²) in [6, 6.07) is 5.59. The summed E-state index contributed by atoms with van der Waals surface area (Å²) in [5, 5.41) is 0. The number of Topliss-reactive ketones (excluding diaryl/α,β-unsaturated/α-hetero) is 1. The molecule has 0 fully saturated rings. The van der Waals surface area contributed by atoms with Crippen molar-refractivity contribution in [2.24, 2.45) is 11.1 Å². The van der Waals surface area contributed by atoms with E-state index in [0.717, 1.165) is 34.5 Å². The van der Waals surface area contributed by atoms with Gasteiger partial charge in [-0.25, -0.2) is 0 Å². The van der Waals surface area contributed by atoms with Crippen LogP contribution < -0.4 is 5.73 Å². The molecule has 4 heteroatoms. The molecule has 1 aliphatic carbocycles. The van der Waals surface area contributed by atoms with Crippen molar-refractivity contribution in [2.45, 2.75) is 40.5 Å². The number of amides is 1. The monoisotopic (exact) mass is 310 g/mol. The number of benzene rings is 1. The molecule has 0 atom stereocenters. The number of fused-ring (bicyclic) bond motifs is 1. The molecule has 120 valence electrons. The highest BCUT2D eigenvalue weighted by atomic mass is 16.1. The maximum atomic E-state index is 12.5. The van der Waals surface area contributed by atoms with E-state index in [9.17, 15) is 9.59 Å². The van der Waals surface area contributed by atoms with Gasteiger partial charge < -0.3 is 10.3 Å². The second-order valence-corrected chi connectivity index (χ2v) is 7.31. The van der Waals surface area contributed by atoms with Crippen molar-refractivity contribution in [3.05, 3.63) is 52.3 Å². The number of primary amides is 1. The summed E-state index contributed by atoms with van der Waals surface area (Å²) < 4.78 is 2.08.